The second-order valence-electron chi connectivity index (χ2n) is 6.32. The zero-order valence-electron chi connectivity index (χ0n) is 12.1. The van der Waals surface area contributed by atoms with E-state index >= 15 is 0 Å². The standard InChI is InChI=1S/C14H29N3O/c1-11(18)12-5-9-17(10-6-12)8-4-7-14(2,3)13(15)16/h11-12,18H,4-10H2,1-3H3,(H3,15,16). The Morgan fingerprint density at radius 2 is 2.00 bits per heavy atom. The number of amidine groups is 1. The summed E-state index contributed by atoms with van der Waals surface area (Å²) >= 11 is 0. The van der Waals surface area contributed by atoms with Crippen LogP contribution in [0.5, 0.6) is 0 Å². The number of rotatable bonds is 6. The summed E-state index contributed by atoms with van der Waals surface area (Å²) in [4.78, 5) is 2.47. The van der Waals surface area contributed by atoms with E-state index in [1.165, 1.54) is 0 Å². The second-order valence-corrected chi connectivity index (χ2v) is 6.32. The topological polar surface area (TPSA) is 73.3 Å². The van der Waals surface area contributed by atoms with E-state index in [0.29, 0.717) is 5.92 Å². The molecule has 0 aliphatic carbocycles. The molecule has 4 N–H and O–H groups in total. The van der Waals surface area contributed by atoms with Gasteiger partial charge in [0.1, 0.15) is 0 Å². The van der Waals surface area contributed by atoms with Crippen molar-refractivity contribution in [2.45, 2.75) is 52.6 Å². The SMILES string of the molecule is CC(O)C1CCN(CCCC(C)(C)C(=N)N)CC1. The lowest BCUT2D eigenvalue weighted by Crippen LogP contribution is -2.38. The Bertz CT molecular complexity index is 268. The van der Waals surface area contributed by atoms with E-state index in [4.69, 9.17) is 11.1 Å². The third kappa shape index (κ3) is 4.58. The van der Waals surface area contributed by atoms with E-state index in [1.807, 2.05) is 20.8 Å². The molecular formula is C14H29N3O. The molecule has 0 aromatic heterocycles. The van der Waals surface area contributed by atoms with E-state index in [1.54, 1.807) is 0 Å². The van der Waals surface area contributed by atoms with Gasteiger partial charge in [0.2, 0.25) is 0 Å². The number of nitrogens with zero attached hydrogens (tertiary/aromatic N) is 1. The fourth-order valence-electron chi connectivity index (χ4n) is 2.54. The number of piperidine rings is 1. The van der Waals surface area contributed by atoms with Gasteiger partial charge < -0.3 is 15.7 Å². The van der Waals surface area contributed by atoms with Crippen LogP contribution < -0.4 is 5.73 Å². The summed E-state index contributed by atoms with van der Waals surface area (Å²) in [7, 11) is 0. The van der Waals surface area contributed by atoms with Gasteiger partial charge in [0.25, 0.3) is 0 Å². The number of aliphatic hydroxyl groups excluding tert-OH is 1. The van der Waals surface area contributed by atoms with Gasteiger partial charge in [-0.25, -0.2) is 0 Å². The fourth-order valence-corrected chi connectivity index (χ4v) is 2.54. The second kappa shape index (κ2) is 6.53. The van der Waals surface area contributed by atoms with Crippen LogP contribution in [0.2, 0.25) is 0 Å². The average molecular weight is 255 g/mol. The molecular weight excluding hydrogens is 226 g/mol. The van der Waals surface area contributed by atoms with Crippen LogP contribution in [0.15, 0.2) is 0 Å². The molecule has 1 aliphatic heterocycles. The van der Waals surface area contributed by atoms with E-state index < -0.39 is 0 Å². The van der Waals surface area contributed by atoms with Crippen molar-refractivity contribution >= 4 is 5.84 Å². The van der Waals surface area contributed by atoms with Crippen LogP contribution in [0.1, 0.15) is 46.5 Å². The molecule has 4 nitrogen and oxygen atoms in total. The van der Waals surface area contributed by atoms with Crippen molar-refractivity contribution in [2.24, 2.45) is 17.1 Å². The molecule has 0 aromatic rings. The average Bonchev–Trinajstić information content (AvgIpc) is 2.29. The van der Waals surface area contributed by atoms with Crippen molar-refractivity contribution in [1.29, 1.82) is 5.41 Å². The highest BCUT2D eigenvalue weighted by molar-refractivity contribution is 5.82. The predicted octanol–water partition coefficient (Wildman–Crippen LogP) is 1.82. The van der Waals surface area contributed by atoms with Crippen LogP contribution in [-0.2, 0) is 0 Å². The van der Waals surface area contributed by atoms with E-state index in [2.05, 4.69) is 4.90 Å². The first-order valence-corrected chi connectivity index (χ1v) is 7.08. The van der Waals surface area contributed by atoms with Crippen LogP contribution >= 0.6 is 0 Å². The lowest BCUT2D eigenvalue weighted by Gasteiger charge is -2.34. The van der Waals surface area contributed by atoms with Crippen molar-refractivity contribution in [3.8, 4) is 0 Å². The molecule has 1 rings (SSSR count). The Morgan fingerprint density at radius 1 is 1.44 bits per heavy atom. The largest absolute Gasteiger partial charge is 0.393 e. The highest BCUT2D eigenvalue weighted by atomic mass is 16.3. The minimum atomic E-state index is -0.169. The first kappa shape index (κ1) is 15.4. The molecule has 4 heteroatoms. The van der Waals surface area contributed by atoms with Crippen molar-refractivity contribution < 1.29 is 5.11 Å². The highest BCUT2D eigenvalue weighted by Crippen LogP contribution is 2.24. The minimum Gasteiger partial charge on any atom is -0.393 e. The van der Waals surface area contributed by atoms with Gasteiger partial charge in [-0.15, -0.1) is 0 Å². The third-order valence-electron chi connectivity index (χ3n) is 4.32. The Morgan fingerprint density at radius 3 is 2.44 bits per heavy atom. The lowest BCUT2D eigenvalue weighted by atomic mass is 9.86. The number of nitrogens with one attached hydrogen (secondary N) is 1. The normalized spacial score (nSPS) is 20.9. The van der Waals surface area contributed by atoms with E-state index in [9.17, 15) is 5.11 Å². The fraction of sp³-hybridized carbons (Fsp3) is 0.929. The van der Waals surface area contributed by atoms with E-state index in [0.717, 1.165) is 45.3 Å². The van der Waals surface area contributed by atoms with Crippen LogP contribution in [0.3, 0.4) is 0 Å². The number of aliphatic hydroxyl groups is 1. The zero-order chi connectivity index (χ0) is 13.8. The molecule has 1 unspecified atom stereocenters. The van der Waals surface area contributed by atoms with Crippen molar-refractivity contribution in [1.82, 2.24) is 4.90 Å². The number of nitrogens with two attached hydrogens (primary N) is 1. The Hall–Kier alpha value is -0.610. The Kier molecular flexibility index (Phi) is 5.60. The molecule has 0 aromatic carbocycles. The third-order valence-corrected chi connectivity index (χ3v) is 4.32. The maximum atomic E-state index is 9.55. The van der Waals surface area contributed by atoms with Crippen LogP contribution in [0.25, 0.3) is 0 Å². The molecule has 0 spiro atoms. The molecule has 18 heavy (non-hydrogen) atoms. The summed E-state index contributed by atoms with van der Waals surface area (Å²) in [6.07, 6.45) is 4.11. The molecule has 1 saturated heterocycles. The summed E-state index contributed by atoms with van der Waals surface area (Å²) in [5.41, 5.74) is 5.41. The van der Waals surface area contributed by atoms with Gasteiger partial charge in [-0.3, -0.25) is 5.41 Å². The molecule has 1 aliphatic rings. The first-order chi connectivity index (χ1) is 8.33. The molecule has 1 heterocycles. The van der Waals surface area contributed by atoms with Crippen molar-refractivity contribution in [3.05, 3.63) is 0 Å². The van der Waals surface area contributed by atoms with Crippen molar-refractivity contribution in [3.63, 3.8) is 0 Å². The van der Waals surface area contributed by atoms with E-state index in [-0.39, 0.29) is 17.4 Å². The monoisotopic (exact) mass is 255 g/mol. The summed E-state index contributed by atoms with van der Waals surface area (Å²) < 4.78 is 0. The summed E-state index contributed by atoms with van der Waals surface area (Å²) in [6, 6.07) is 0. The molecule has 1 fully saturated rings. The predicted molar refractivity (Wildman–Crippen MR) is 75.8 cm³/mol. The van der Waals surface area contributed by atoms with Crippen molar-refractivity contribution in [2.75, 3.05) is 19.6 Å². The van der Waals surface area contributed by atoms with Gasteiger partial charge in [0.15, 0.2) is 0 Å². The molecule has 0 bridgehead atoms. The molecule has 106 valence electrons. The zero-order valence-corrected chi connectivity index (χ0v) is 12.1. The van der Waals surface area contributed by atoms with Gasteiger partial charge in [-0.1, -0.05) is 13.8 Å². The summed E-state index contributed by atoms with van der Waals surface area (Å²) in [5.74, 6) is 0.769. The summed E-state index contributed by atoms with van der Waals surface area (Å²) in [5, 5.41) is 17.1. The molecule has 0 amide bonds. The highest BCUT2D eigenvalue weighted by Gasteiger charge is 2.24. The smallest absolute Gasteiger partial charge is 0.0963 e. The van der Waals surface area contributed by atoms with Crippen LogP contribution in [0, 0.1) is 16.7 Å². The number of hydrogen-bond donors (Lipinski definition) is 3. The molecule has 1 atom stereocenters. The Balaban J connectivity index is 2.21. The maximum absolute atomic E-state index is 9.55. The van der Waals surface area contributed by atoms with Gasteiger partial charge in [0, 0.05) is 5.41 Å². The van der Waals surface area contributed by atoms with Crippen LogP contribution in [-0.4, -0.2) is 41.6 Å². The number of hydrogen-bond acceptors (Lipinski definition) is 3. The van der Waals surface area contributed by atoms with Gasteiger partial charge in [0.05, 0.1) is 11.9 Å². The quantitative estimate of drug-likeness (QED) is 0.501. The van der Waals surface area contributed by atoms with Gasteiger partial charge in [-0.2, -0.15) is 0 Å². The van der Waals surface area contributed by atoms with Gasteiger partial charge in [-0.05, 0) is 58.2 Å². The lowest BCUT2D eigenvalue weighted by molar-refractivity contribution is 0.0708. The molecule has 0 radical (unpaired) electrons. The molecule has 0 saturated carbocycles. The van der Waals surface area contributed by atoms with Crippen LogP contribution in [0.4, 0.5) is 0 Å². The number of likely N-dealkylation sites (tertiary alicyclic amines) is 1. The summed E-state index contributed by atoms with van der Waals surface area (Å²) in [6.45, 7) is 9.25. The Labute approximate surface area is 111 Å². The first-order valence-electron chi connectivity index (χ1n) is 7.08. The minimum absolute atomic E-state index is 0.163. The maximum Gasteiger partial charge on any atom is 0.0963 e. The van der Waals surface area contributed by atoms with Gasteiger partial charge >= 0.3 is 0 Å².